The predicted octanol–water partition coefficient (Wildman–Crippen LogP) is 2.84. The fraction of sp³-hybridized carbons (Fsp3) is 0.583. The van der Waals surface area contributed by atoms with E-state index in [0.29, 0.717) is 19.0 Å². The second kappa shape index (κ2) is 7.16. The molecule has 0 aromatic heterocycles. The zero-order valence-electron chi connectivity index (χ0n) is 11.3. The Morgan fingerprint density at radius 2 is 1.82 bits per heavy atom. The van der Waals surface area contributed by atoms with Crippen LogP contribution in [0.4, 0.5) is 0 Å². The third-order valence-corrected chi connectivity index (χ3v) is 2.45. The number of hydrogen-bond acceptors (Lipinski definition) is 4. The predicted molar refractivity (Wildman–Crippen MR) is 69.9 cm³/mol. The van der Waals surface area contributed by atoms with Gasteiger partial charge in [0.25, 0.3) is 0 Å². The van der Waals surface area contributed by atoms with E-state index in [1.165, 1.54) is 6.26 Å². The first kappa shape index (κ1) is 15.8. The third kappa shape index (κ3) is 6.83. The maximum atomic E-state index is 11.7. The van der Waals surface area contributed by atoms with Crippen molar-refractivity contribution in [1.82, 2.24) is 0 Å². The van der Waals surface area contributed by atoms with Gasteiger partial charge in [-0.15, -0.1) is 0 Å². The van der Waals surface area contributed by atoms with Gasteiger partial charge >= 0.3 is 5.97 Å². The Bertz CT molecular complexity index is 302. The van der Waals surface area contributed by atoms with Gasteiger partial charge in [-0.25, -0.2) is 4.79 Å². The van der Waals surface area contributed by atoms with E-state index in [1.54, 1.807) is 6.92 Å². The van der Waals surface area contributed by atoms with Crippen LogP contribution in [0.25, 0.3) is 0 Å². The van der Waals surface area contributed by atoms with Crippen LogP contribution in [-0.2, 0) is 18.7 Å². The maximum absolute atomic E-state index is 11.7. The molecule has 0 bridgehead atoms. The average molecular weight is 258 g/mol. The first-order valence-corrected chi connectivity index (χ1v) is 9.09. The fourth-order valence-electron chi connectivity index (χ4n) is 1.03. The fourth-order valence-corrected chi connectivity index (χ4v) is 1.88. The molecule has 0 atom stereocenters. The van der Waals surface area contributed by atoms with Gasteiger partial charge in [-0.05, 0) is 33.5 Å². The van der Waals surface area contributed by atoms with Crippen LogP contribution < -0.4 is 0 Å². The number of rotatable bonds is 7. The van der Waals surface area contributed by atoms with E-state index in [0.717, 1.165) is 0 Å². The SMILES string of the molecule is C=C(O[Si](C)(C)C)/C(=C\OCC)C(=O)OCC. The minimum Gasteiger partial charge on any atom is -0.544 e. The molecule has 5 heteroatoms. The second-order valence-corrected chi connectivity index (χ2v) is 8.77. The number of ether oxygens (including phenoxy) is 2. The molecule has 0 spiro atoms. The molecular weight excluding hydrogens is 236 g/mol. The molecule has 0 unspecified atom stereocenters. The van der Waals surface area contributed by atoms with Gasteiger partial charge in [-0.1, -0.05) is 6.58 Å². The zero-order valence-corrected chi connectivity index (χ0v) is 12.3. The summed E-state index contributed by atoms with van der Waals surface area (Å²) in [5.41, 5.74) is 0.246. The smallest absolute Gasteiger partial charge is 0.345 e. The molecule has 0 heterocycles. The molecule has 0 amide bonds. The summed E-state index contributed by atoms with van der Waals surface area (Å²) in [5, 5.41) is 0. The van der Waals surface area contributed by atoms with Crippen LogP contribution in [0, 0.1) is 0 Å². The second-order valence-electron chi connectivity index (χ2n) is 4.34. The Labute approximate surface area is 104 Å². The lowest BCUT2D eigenvalue weighted by atomic mass is 10.2. The summed E-state index contributed by atoms with van der Waals surface area (Å²) in [6.07, 6.45) is 1.35. The molecule has 0 fully saturated rings. The van der Waals surface area contributed by atoms with Gasteiger partial charge in [0, 0.05) is 0 Å². The highest BCUT2D eigenvalue weighted by atomic mass is 28.4. The Morgan fingerprint density at radius 3 is 2.24 bits per heavy atom. The maximum Gasteiger partial charge on any atom is 0.345 e. The molecule has 98 valence electrons. The van der Waals surface area contributed by atoms with Gasteiger partial charge in [-0.3, -0.25) is 0 Å². The molecule has 17 heavy (non-hydrogen) atoms. The number of carbonyl (C=O) groups is 1. The lowest BCUT2D eigenvalue weighted by Crippen LogP contribution is -2.26. The summed E-state index contributed by atoms with van der Waals surface area (Å²) in [6.45, 7) is 14.2. The van der Waals surface area contributed by atoms with Crippen LogP contribution >= 0.6 is 0 Å². The summed E-state index contributed by atoms with van der Waals surface area (Å²) >= 11 is 0. The molecule has 0 aliphatic carbocycles. The molecule has 0 rings (SSSR count). The van der Waals surface area contributed by atoms with Crippen molar-refractivity contribution in [3.63, 3.8) is 0 Å². The molecule has 0 aliphatic rings. The van der Waals surface area contributed by atoms with Gasteiger partial charge < -0.3 is 13.9 Å². The summed E-state index contributed by atoms with van der Waals surface area (Å²) in [5.74, 6) is -0.153. The molecule has 0 aromatic rings. The molecule has 4 nitrogen and oxygen atoms in total. The largest absolute Gasteiger partial charge is 0.544 e. The van der Waals surface area contributed by atoms with Crippen molar-refractivity contribution in [3.05, 3.63) is 24.2 Å². The van der Waals surface area contributed by atoms with E-state index in [4.69, 9.17) is 13.9 Å². The molecular formula is C12H22O4Si. The van der Waals surface area contributed by atoms with Crippen molar-refractivity contribution in [2.24, 2.45) is 0 Å². The highest BCUT2D eigenvalue weighted by molar-refractivity contribution is 6.70. The zero-order chi connectivity index (χ0) is 13.5. The molecule has 0 radical (unpaired) electrons. The standard InChI is InChI=1S/C12H22O4Si/c1-7-14-9-11(12(13)15-8-2)10(3)16-17(4,5)6/h9H,3,7-8H2,1-2,4-6H3/b11-9+. The van der Waals surface area contributed by atoms with E-state index in [9.17, 15) is 4.79 Å². The van der Waals surface area contributed by atoms with E-state index >= 15 is 0 Å². The minimum atomic E-state index is -1.79. The lowest BCUT2D eigenvalue weighted by Gasteiger charge is -2.21. The van der Waals surface area contributed by atoms with Crippen LogP contribution in [0.1, 0.15) is 13.8 Å². The van der Waals surface area contributed by atoms with Crippen LogP contribution in [-0.4, -0.2) is 27.5 Å². The first-order chi connectivity index (χ1) is 7.81. The quantitative estimate of drug-likeness (QED) is 0.231. The monoisotopic (exact) mass is 258 g/mol. The van der Waals surface area contributed by atoms with Gasteiger partial charge in [0.2, 0.25) is 8.32 Å². The van der Waals surface area contributed by atoms with E-state index in [2.05, 4.69) is 6.58 Å². The van der Waals surface area contributed by atoms with Gasteiger partial charge in [0.1, 0.15) is 17.6 Å². The molecule has 0 N–H and O–H groups in total. The summed E-state index contributed by atoms with van der Waals surface area (Å²) in [7, 11) is -1.79. The summed E-state index contributed by atoms with van der Waals surface area (Å²) < 4.78 is 15.7. The summed E-state index contributed by atoms with van der Waals surface area (Å²) in [4.78, 5) is 11.7. The van der Waals surface area contributed by atoms with Crippen LogP contribution in [0.15, 0.2) is 24.2 Å². The number of esters is 1. The van der Waals surface area contributed by atoms with Crippen LogP contribution in [0.5, 0.6) is 0 Å². The van der Waals surface area contributed by atoms with Crippen molar-refractivity contribution in [3.8, 4) is 0 Å². The van der Waals surface area contributed by atoms with Gasteiger partial charge in [-0.2, -0.15) is 0 Å². The first-order valence-electron chi connectivity index (χ1n) is 5.69. The van der Waals surface area contributed by atoms with Crippen molar-refractivity contribution in [2.45, 2.75) is 33.5 Å². The normalized spacial score (nSPS) is 11.9. The number of carbonyl (C=O) groups excluding carboxylic acids is 1. The third-order valence-electron chi connectivity index (χ3n) is 1.59. The van der Waals surface area contributed by atoms with E-state index in [-0.39, 0.29) is 5.57 Å². The van der Waals surface area contributed by atoms with Gasteiger partial charge in [0.15, 0.2) is 0 Å². The minimum absolute atomic E-state index is 0.246. The Hall–Kier alpha value is -1.23. The van der Waals surface area contributed by atoms with E-state index < -0.39 is 14.3 Å². The summed E-state index contributed by atoms with van der Waals surface area (Å²) in [6, 6.07) is 0. The van der Waals surface area contributed by atoms with E-state index in [1.807, 2.05) is 26.6 Å². The molecule has 0 saturated carbocycles. The Morgan fingerprint density at radius 1 is 1.24 bits per heavy atom. The van der Waals surface area contributed by atoms with Crippen molar-refractivity contribution < 1.29 is 18.7 Å². The van der Waals surface area contributed by atoms with Crippen molar-refractivity contribution >= 4 is 14.3 Å². The Kier molecular flexibility index (Phi) is 6.64. The molecule has 0 aromatic carbocycles. The Balaban J connectivity index is 4.81. The highest BCUT2D eigenvalue weighted by Gasteiger charge is 2.23. The highest BCUT2D eigenvalue weighted by Crippen LogP contribution is 2.17. The topological polar surface area (TPSA) is 44.8 Å². The molecule has 0 aliphatic heterocycles. The lowest BCUT2D eigenvalue weighted by molar-refractivity contribution is -0.138. The number of hydrogen-bond donors (Lipinski definition) is 0. The average Bonchev–Trinajstić information content (AvgIpc) is 2.15. The van der Waals surface area contributed by atoms with Crippen LogP contribution in [0.3, 0.4) is 0 Å². The van der Waals surface area contributed by atoms with Crippen molar-refractivity contribution in [2.75, 3.05) is 13.2 Å². The van der Waals surface area contributed by atoms with Gasteiger partial charge in [0.05, 0.1) is 13.2 Å². The van der Waals surface area contributed by atoms with Crippen LogP contribution in [0.2, 0.25) is 19.6 Å². The van der Waals surface area contributed by atoms with Crippen molar-refractivity contribution in [1.29, 1.82) is 0 Å². The molecule has 0 saturated heterocycles.